The molecule has 0 aromatic carbocycles. The summed E-state index contributed by atoms with van der Waals surface area (Å²) in [5.74, 6) is -2.09. The van der Waals surface area contributed by atoms with Crippen LogP contribution >= 0.6 is 15.9 Å². The molecule has 0 unspecified atom stereocenters. The molecule has 0 aromatic rings. The van der Waals surface area contributed by atoms with Crippen molar-refractivity contribution in [3.63, 3.8) is 0 Å². The van der Waals surface area contributed by atoms with Crippen LogP contribution in [0.1, 0.15) is 39.5 Å². The highest BCUT2D eigenvalue weighted by atomic mass is 79.9. The van der Waals surface area contributed by atoms with Crippen molar-refractivity contribution in [1.82, 2.24) is 0 Å². The molecule has 5 rings (SSSR count). The zero-order valence-electron chi connectivity index (χ0n) is 13.5. The van der Waals surface area contributed by atoms with E-state index in [0.717, 1.165) is 12.8 Å². The fraction of sp³-hybridized carbons (Fsp3) is 0.875. The van der Waals surface area contributed by atoms with Gasteiger partial charge >= 0.3 is 6.18 Å². The van der Waals surface area contributed by atoms with Crippen molar-refractivity contribution in [2.45, 2.75) is 63.4 Å². The summed E-state index contributed by atoms with van der Waals surface area (Å²) in [6.07, 6.45) is -2.85. The fourth-order valence-electron chi connectivity index (χ4n) is 4.89. The summed E-state index contributed by atoms with van der Waals surface area (Å²) in [5, 5.41) is 0.0860. The van der Waals surface area contributed by atoms with Crippen LogP contribution in [0.3, 0.4) is 0 Å². The Morgan fingerprint density at radius 1 is 1.21 bits per heavy atom. The van der Waals surface area contributed by atoms with Crippen LogP contribution in [0, 0.1) is 17.8 Å². The van der Waals surface area contributed by atoms with E-state index in [-0.39, 0.29) is 16.8 Å². The quantitative estimate of drug-likeness (QED) is 0.471. The summed E-state index contributed by atoms with van der Waals surface area (Å²) >= 11 is 3.22. The molecule has 4 aliphatic heterocycles. The molecule has 0 radical (unpaired) electrons. The van der Waals surface area contributed by atoms with Crippen LogP contribution < -0.4 is 0 Å². The molecule has 1 aliphatic carbocycles. The maximum Gasteiger partial charge on any atom is 0.449 e. The Kier molecular flexibility index (Phi) is 3.81. The Labute approximate surface area is 146 Å². The first-order valence-electron chi connectivity index (χ1n) is 8.29. The first kappa shape index (κ1) is 17.1. The summed E-state index contributed by atoms with van der Waals surface area (Å²) in [6, 6.07) is 0. The normalized spacial score (nSPS) is 47.9. The van der Waals surface area contributed by atoms with Crippen molar-refractivity contribution >= 4 is 15.9 Å². The molecule has 8 heteroatoms. The van der Waals surface area contributed by atoms with E-state index in [1.54, 1.807) is 6.92 Å². The van der Waals surface area contributed by atoms with Crippen LogP contribution in [-0.2, 0) is 19.2 Å². The zero-order valence-corrected chi connectivity index (χ0v) is 15.1. The van der Waals surface area contributed by atoms with E-state index in [4.69, 9.17) is 19.2 Å². The molecule has 1 saturated carbocycles. The van der Waals surface area contributed by atoms with Crippen LogP contribution in [-0.4, -0.2) is 29.2 Å². The highest BCUT2D eigenvalue weighted by molar-refractivity contribution is 9.09. The third kappa shape index (κ3) is 2.22. The van der Waals surface area contributed by atoms with Gasteiger partial charge in [0.05, 0.1) is 0 Å². The molecule has 3 saturated heterocycles. The monoisotopic (exact) mass is 412 g/mol. The number of hydrogen-bond acceptors (Lipinski definition) is 4. The topological polar surface area (TPSA) is 36.9 Å². The van der Waals surface area contributed by atoms with E-state index in [2.05, 4.69) is 22.9 Å². The first-order chi connectivity index (χ1) is 11.2. The molecule has 4 fully saturated rings. The van der Waals surface area contributed by atoms with Crippen molar-refractivity contribution in [3.05, 3.63) is 11.3 Å². The SMILES string of the molecule is C[C@@H]1CC[C@H]2C(CBr)=C(C(F)(F)F)O[C@@H]3O[C@]4(C)CC[C@@H]1[C@]32OO4. The number of halogens is 4. The Bertz CT molecular complexity index is 580. The Morgan fingerprint density at radius 3 is 2.62 bits per heavy atom. The van der Waals surface area contributed by atoms with Gasteiger partial charge in [0.1, 0.15) is 0 Å². The Hall–Kier alpha value is -0.310. The van der Waals surface area contributed by atoms with E-state index in [1.165, 1.54) is 0 Å². The van der Waals surface area contributed by atoms with E-state index < -0.39 is 35.5 Å². The highest BCUT2D eigenvalue weighted by Crippen LogP contribution is 2.61. The average Bonchev–Trinajstić information content (AvgIpc) is 2.74. The third-order valence-corrected chi connectivity index (χ3v) is 6.66. The van der Waals surface area contributed by atoms with E-state index >= 15 is 0 Å². The van der Waals surface area contributed by atoms with E-state index in [0.29, 0.717) is 18.8 Å². The zero-order chi connectivity index (χ0) is 17.3. The third-order valence-electron chi connectivity index (χ3n) is 6.06. The second-order valence-corrected chi connectivity index (χ2v) is 8.02. The number of alkyl halides is 4. The summed E-state index contributed by atoms with van der Waals surface area (Å²) in [4.78, 5) is 11.4. The molecule has 0 N–H and O–H groups in total. The summed E-state index contributed by atoms with van der Waals surface area (Å²) < 4.78 is 51.9. The van der Waals surface area contributed by atoms with Gasteiger partial charge in [-0.05, 0) is 37.7 Å². The second kappa shape index (κ2) is 5.34. The number of rotatable bonds is 1. The molecule has 0 aromatic heterocycles. The molecule has 136 valence electrons. The lowest BCUT2D eigenvalue weighted by atomic mass is 9.59. The fourth-order valence-corrected chi connectivity index (χ4v) is 5.54. The lowest BCUT2D eigenvalue weighted by Gasteiger charge is -2.57. The molecule has 24 heavy (non-hydrogen) atoms. The van der Waals surface area contributed by atoms with Gasteiger partial charge in [-0.3, -0.25) is 0 Å². The van der Waals surface area contributed by atoms with Gasteiger partial charge in [-0.25, -0.2) is 9.78 Å². The Morgan fingerprint density at radius 2 is 1.96 bits per heavy atom. The van der Waals surface area contributed by atoms with Crippen LogP contribution in [0.5, 0.6) is 0 Å². The summed E-state index contributed by atoms with van der Waals surface area (Å²) in [7, 11) is 0. The lowest BCUT2D eigenvalue weighted by molar-refractivity contribution is -0.557. The summed E-state index contributed by atoms with van der Waals surface area (Å²) in [6.45, 7) is 3.81. The molecule has 2 bridgehead atoms. The molecular formula is C16H20BrF3O4. The molecule has 4 nitrogen and oxygen atoms in total. The van der Waals surface area contributed by atoms with Crippen molar-refractivity contribution in [1.29, 1.82) is 0 Å². The van der Waals surface area contributed by atoms with E-state index in [9.17, 15) is 13.2 Å². The van der Waals surface area contributed by atoms with Gasteiger partial charge in [0, 0.05) is 23.6 Å². The molecule has 6 atom stereocenters. The molecule has 5 aliphatic rings. The lowest BCUT2D eigenvalue weighted by Crippen LogP contribution is -2.67. The molecular weight excluding hydrogens is 393 g/mol. The molecule has 0 amide bonds. The minimum Gasteiger partial charge on any atom is -0.456 e. The standard InChI is InChI=1S/C16H20BrF3O4/c1-8-3-4-11-9(7-17)12(16(18,19)20)21-13-15(11)10(8)5-6-14(2,22-13)23-24-15/h8,10-11,13H,3-7H2,1-2H3/t8-,10+,11+,13-,14+,15-/m1/s1. The van der Waals surface area contributed by atoms with Crippen molar-refractivity contribution in [2.24, 2.45) is 17.8 Å². The number of allylic oxidation sites excluding steroid dienone is 1. The van der Waals surface area contributed by atoms with Crippen molar-refractivity contribution in [2.75, 3.05) is 5.33 Å². The van der Waals surface area contributed by atoms with Crippen molar-refractivity contribution in [3.8, 4) is 0 Å². The van der Waals surface area contributed by atoms with Crippen LogP contribution in [0.4, 0.5) is 13.2 Å². The number of fused-ring (bicyclic) bond motifs is 2. The first-order valence-corrected chi connectivity index (χ1v) is 9.41. The van der Waals surface area contributed by atoms with E-state index in [1.807, 2.05) is 0 Å². The second-order valence-electron chi connectivity index (χ2n) is 7.46. The minimum absolute atomic E-state index is 0.0365. The smallest absolute Gasteiger partial charge is 0.449 e. The van der Waals surface area contributed by atoms with Crippen molar-refractivity contribution < 1.29 is 32.4 Å². The van der Waals surface area contributed by atoms with Gasteiger partial charge in [-0.1, -0.05) is 22.9 Å². The maximum absolute atomic E-state index is 13.5. The molecule has 4 heterocycles. The predicted molar refractivity (Wildman–Crippen MR) is 80.8 cm³/mol. The van der Waals surface area contributed by atoms with Crippen LogP contribution in [0.25, 0.3) is 0 Å². The van der Waals surface area contributed by atoms with Gasteiger partial charge in [0.25, 0.3) is 0 Å². The maximum atomic E-state index is 13.5. The van der Waals surface area contributed by atoms with Gasteiger partial charge in [0.2, 0.25) is 17.8 Å². The van der Waals surface area contributed by atoms with Gasteiger partial charge < -0.3 is 9.47 Å². The largest absolute Gasteiger partial charge is 0.456 e. The highest BCUT2D eigenvalue weighted by Gasteiger charge is 2.69. The number of ether oxygens (including phenoxy) is 2. The average molecular weight is 413 g/mol. The minimum atomic E-state index is -4.56. The van der Waals surface area contributed by atoms with Gasteiger partial charge in [-0.2, -0.15) is 13.2 Å². The summed E-state index contributed by atoms with van der Waals surface area (Å²) in [5.41, 5.74) is -0.806. The predicted octanol–water partition coefficient (Wildman–Crippen LogP) is 4.44. The number of hydrogen-bond donors (Lipinski definition) is 0. The van der Waals surface area contributed by atoms with Gasteiger partial charge in [0.15, 0.2) is 5.60 Å². The van der Waals surface area contributed by atoms with Crippen LogP contribution in [0.15, 0.2) is 11.3 Å². The van der Waals surface area contributed by atoms with Crippen LogP contribution in [0.2, 0.25) is 0 Å². The molecule has 1 spiro atoms. The van der Waals surface area contributed by atoms with Gasteiger partial charge in [-0.15, -0.1) is 0 Å². The Balaban J connectivity index is 1.88.